The van der Waals surface area contributed by atoms with Crippen molar-refractivity contribution in [2.45, 2.75) is 13.8 Å². The van der Waals surface area contributed by atoms with Gasteiger partial charge < -0.3 is 9.15 Å². The molecule has 1 amide bonds. The number of aromatic nitrogens is 1. The van der Waals surface area contributed by atoms with E-state index in [1.807, 2.05) is 31.4 Å². The molecule has 2 aromatic heterocycles. The van der Waals surface area contributed by atoms with Crippen molar-refractivity contribution in [3.8, 4) is 5.75 Å². The highest BCUT2D eigenvalue weighted by Crippen LogP contribution is 2.33. The molecule has 2 heterocycles. The van der Waals surface area contributed by atoms with E-state index in [-0.39, 0.29) is 5.91 Å². The number of carbonyl (C=O) groups is 1. The zero-order chi connectivity index (χ0) is 16.4. The summed E-state index contributed by atoms with van der Waals surface area (Å²) in [5.41, 5.74) is 3.48. The van der Waals surface area contributed by atoms with E-state index < -0.39 is 0 Å². The molecule has 0 atom stereocenters. The summed E-state index contributed by atoms with van der Waals surface area (Å²) < 4.78 is 10.9. The van der Waals surface area contributed by atoms with Gasteiger partial charge in [-0.25, -0.2) is 4.98 Å². The Labute approximate surface area is 137 Å². The number of anilines is 1. The van der Waals surface area contributed by atoms with Gasteiger partial charge in [0.1, 0.15) is 11.3 Å². The van der Waals surface area contributed by atoms with Gasteiger partial charge in [0, 0.05) is 34.7 Å². The van der Waals surface area contributed by atoms with Crippen molar-refractivity contribution in [2.24, 2.45) is 0 Å². The van der Waals surface area contributed by atoms with Crippen LogP contribution in [0.25, 0.3) is 16.5 Å². The lowest BCUT2D eigenvalue weighted by Gasteiger charge is -2.09. The fraction of sp³-hybridized carbons (Fsp3) is 0.176. The van der Waals surface area contributed by atoms with Gasteiger partial charge in [-0.1, -0.05) is 0 Å². The number of hydrogen-bond donors (Lipinski definition) is 1. The Hall–Kier alpha value is -2.60. The Morgan fingerprint density at radius 2 is 2.26 bits per heavy atom. The normalized spacial score (nSPS) is 11.7. The maximum atomic E-state index is 12.1. The van der Waals surface area contributed by atoms with E-state index in [1.54, 1.807) is 25.6 Å². The monoisotopic (exact) mass is 328 g/mol. The predicted octanol–water partition coefficient (Wildman–Crippen LogP) is 4.25. The standard InChI is InChI=1S/C17H16N2O3S/c1-10(6-16(20)19-17-18-4-5-23-17)12-7-13-11(2)9-22-15(13)8-14(12)21-3/h4-9H,1-3H3,(H,18,19,20)/b10-6+. The number of fused-ring (bicyclic) bond motifs is 1. The van der Waals surface area contributed by atoms with Crippen LogP contribution in [0.3, 0.4) is 0 Å². The first-order chi connectivity index (χ1) is 11.1. The Morgan fingerprint density at radius 1 is 1.43 bits per heavy atom. The molecule has 0 radical (unpaired) electrons. The lowest BCUT2D eigenvalue weighted by molar-refractivity contribution is -0.111. The van der Waals surface area contributed by atoms with Crippen LogP contribution < -0.4 is 10.1 Å². The van der Waals surface area contributed by atoms with E-state index in [2.05, 4.69) is 10.3 Å². The van der Waals surface area contributed by atoms with Crippen molar-refractivity contribution < 1.29 is 13.9 Å². The van der Waals surface area contributed by atoms with Gasteiger partial charge in [-0.05, 0) is 31.1 Å². The lowest BCUT2D eigenvalue weighted by Crippen LogP contribution is -2.08. The second kappa shape index (κ2) is 6.26. The molecule has 0 saturated heterocycles. The molecule has 0 fully saturated rings. The van der Waals surface area contributed by atoms with Crippen molar-refractivity contribution in [1.29, 1.82) is 0 Å². The number of aryl methyl sites for hydroxylation is 1. The minimum Gasteiger partial charge on any atom is -0.496 e. The first-order valence-corrected chi connectivity index (χ1v) is 7.91. The Morgan fingerprint density at radius 3 is 2.96 bits per heavy atom. The lowest BCUT2D eigenvalue weighted by atomic mass is 10.0. The number of furan rings is 1. The minimum atomic E-state index is -0.219. The summed E-state index contributed by atoms with van der Waals surface area (Å²) in [4.78, 5) is 16.1. The fourth-order valence-corrected chi connectivity index (χ4v) is 2.89. The number of methoxy groups -OCH3 is 1. The number of benzene rings is 1. The molecular weight excluding hydrogens is 312 g/mol. The molecule has 6 heteroatoms. The third-order valence-electron chi connectivity index (χ3n) is 3.52. The molecule has 0 saturated carbocycles. The number of ether oxygens (including phenoxy) is 1. The molecule has 0 aliphatic heterocycles. The molecular formula is C17H16N2O3S. The van der Waals surface area contributed by atoms with E-state index in [0.29, 0.717) is 10.9 Å². The van der Waals surface area contributed by atoms with Gasteiger partial charge in [0.05, 0.1) is 13.4 Å². The SMILES string of the molecule is COc1cc2occ(C)c2cc1/C(C)=C/C(=O)Nc1nccs1. The van der Waals surface area contributed by atoms with Crippen LogP contribution >= 0.6 is 11.3 Å². The molecule has 0 bridgehead atoms. The first kappa shape index (κ1) is 15.3. The quantitative estimate of drug-likeness (QED) is 0.727. The maximum Gasteiger partial charge on any atom is 0.250 e. The van der Waals surface area contributed by atoms with Crippen molar-refractivity contribution in [2.75, 3.05) is 12.4 Å². The van der Waals surface area contributed by atoms with Gasteiger partial charge in [0.15, 0.2) is 5.13 Å². The molecule has 3 aromatic rings. The van der Waals surface area contributed by atoms with Crippen LogP contribution in [-0.2, 0) is 4.79 Å². The number of nitrogens with one attached hydrogen (secondary N) is 1. The van der Waals surface area contributed by atoms with E-state index in [1.165, 1.54) is 11.3 Å². The molecule has 118 valence electrons. The number of thiazole rings is 1. The highest BCUT2D eigenvalue weighted by atomic mass is 32.1. The number of rotatable bonds is 4. The Kier molecular flexibility index (Phi) is 4.16. The van der Waals surface area contributed by atoms with Gasteiger partial charge in [-0.15, -0.1) is 11.3 Å². The molecule has 1 N–H and O–H groups in total. The van der Waals surface area contributed by atoms with Gasteiger partial charge in [-0.2, -0.15) is 0 Å². The molecule has 0 aliphatic rings. The van der Waals surface area contributed by atoms with Gasteiger partial charge >= 0.3 is 0 Å². The number of allylic oxidation sites excluding steroid dienone is 1. The summed E-state index contributed by atoms with van der Waals surface area (Å²) in [5, 5.41) is 6.13. The van der Waals surface area contributed by atoms with Gasteiger partial charge in [-0.3, -0.25) is 10.1 Å². The third-order valence-corrected chi connectivity index (χ3v) is 4.21. The molecule has 1 aromatic carbocycles. The van der Waals surface area contributed by atoms with Crippen molar-refractivity contribution in [1.82, 2.24) is 4.98 Å². The van der Waals surface area contributed by atoms with Crippen LogP contribution in [0.1, 0.15) is 18.1 Å². The number of hydrogen-bond acceptors (Lipinski definition) is 5. The second-order valence-electron chi connectivity index (χ2n) is 5.12. The summed E-state index contributed by atoms with van der Waals surface area (Å²) in [6.45, 7) is 3.86. The molecule has 5 nitrogen and oxygen atoms in total. The fourth-order valence-electron chi connectivity index (χ4n) is 2.36. The summed E-state index contributed by atoms with van der Waals surface area (Å²) in [7, 11) is 1.60. The van der Waals surface area contributed by atoms with Crippen LogP contribution in [0.15, 0.2) is 40.5 Å². The van der Waals surface area contributed by atoms with Crippen molar-refractivity contribution >= 4 is 38.9 Å². The highest BCUT2D eigenvalue weighted by Gasteiger charge is 2.12. The zero-order valence-electron chi connectivity index (χ0n) is 13.0. The summed E-state index contributed by atoms with van der Waals surface area (Å²) in [5.74, 6) is 0.450. The summed E-state index contributed by atoms with van der Waals surface area (Å²) >= 11 is 1.38. The maximum absolute atomic E-state index is 12.1. The first-order valence-electron chi connectivity index (χ1n) is 7.03. The third kappa shape index (κ3) is 3.12. The summed E-state index contributed by atoms with van der Waals surface area (Å²) in [6, 6.07) is 3.82. The average molecular weight is 328 g/mol. The largest absolute Gasteiger partial charge is 0.496 e. The highest BCUT2D eigenvalue weighted by molar-refractivity contribution is 7.13. The van der Waals surface area contributed by atoms with E-state index in [0.717, 1.165) is 27.7 Å². The number of nitrogens with zero attached hydrogens (tertiary/aromatic N) is 1. The van der Waals surface area contributed by atoms with Crippen molar-refractivity contribution in [3.63, 3.8) is 0 Å². The molecule has 3 rings (SSSR count). The van der Waals surface area contributed by atoms with Gasteiger partial charge in [0.25, 0.3) is 0 Å². The number of amides is 1. The Bertz CT molecular complexity index is 879. The van der Waals surface area contributed by atoms with Crippen LogP contribution in [-0.4, -0.2) is 18.0 Å². The molecule has 0 aliphatic carbocycles. The van der Waals surface area contributed by atoms with Crippen LogP contribution in [0, 0.1) is 6.92 Å². The topological polar surface area (TPSA) is 64.4 Å². The van der Waals surface area contributed by atoms with E-state index in [9.17, 15) is 4.79 Å². The molecule has 23 heavy (non-hydrogen) atoms. The van der Waals surface area contributed by atoms with E-state index >= 15 is 0 Å². The molecule has 0 spiro atoms. The predicted molar refractivity (Wildman–Crippen MR) is 91.9 cm³/mol. The van der Waals surface area contributed by atoms with E-state index in [4.69, 9.17) is 9.15 Å². The summed E-state index contributed by atoms with van der Waals surface area (Å²) in [6.07, 6.45) is 4.90. The van der Waals surface area contributed by atoms with Crippen LogP contribution in [0.4, 0.5) is 5.13 Å². The van der Waals surface area contributed by atoms with Gasteiger partial charge in [0.2, 0.25) is 5.91 Å². The number of carbonyl (C=O) groups excluding carboxylic acids is 1. The van der Waals surface area contributed by atoms with Crippen LogP contribution in [0.2, 0.25) is 0 Å². The average Bonchev–Trinajstić information content (AvgIpc) is 3.16. The zero-order valence-corrected chi connectivity index (χ0v) is 13.9. The van der Waals surface area contributed by atoms with Crippen LogP contribution in [0.5, 0.6) is 5.75 Å². The molecule has 0 unspecified atom stereocenters. The second-order valence-corrected chi connectivity index (χ2v) is 6.02. The smallest absolute Gasteiger partial charge is 0.250 e. The van der Waals surface area contributed by atoms with Crippen molar-refractivity contribution in [3.05, 3.63) is 47.2 Å². The minimum absolute atomic E-state index is 0.219. The Balaban J connectivity index is 1.95.